The van der Waals surface area contributed by atoms with Gasteiger partial charge in [-0.1, -0.05) is 12.1 Å². The molecular formula is C18H24O6. The molecule has 0 saturated carbocycles. The molecule has 1 aromatic carbocycles. The van der Waals surface area contributed by atoms with E-state index in [9.17, 15) is 9.59 Å². The van der Waals surface area contributed by atoms with Gasteiger partial charge in [0.2, 0.25) is 0 Å². The van der Waals surface area contributed by atoms with Gasteiger partial charge in [0.1, 0.15) is 5.75 Å². The lowest BCUT2D eigenvalue weighted by Gasteiger charge is -2.23. The van der Waals surface area contributed by atoms with Crippen LogP contribution in [0.2, 0.25) is 0 Å². The summed E-state index contributed by atoms with van der Waals surface area (Å²) in [6.45, 7) is 2.82. The quantitative estimate of drug-likeness (QED) is 0.562. The first-order chi connectivity index (χ1) is 11.6. The van der Waals surface area contributed by atoms with Crippen molar-refractivity contribution in [2.75, 3.05) is 20.3 Å². The minimum Gasteiger partial charge on any atom is -0.469 e. The van der Waals surface area contributed by atoms with Crippen LogP contribution < -0.4 is 4.74 Å². The summed E-state index contributed by atoms with van der Waals surface area (Å²) >= 11 is 0. The van der Waals surface area contributed by atoms with Crippen LogP contribution in [0, 0.1) is 0 Å². The molecule has 0 amide bonds. The molecule has 6 nitrogen and oxygen atoms in total. The summed E-state index contributed by atoms with van der Waals surface area (Å²) in [5.41, 5.74) is 0.792. The number of hydrogen-bond donors (Lipinski definition) is 0. The molecule has 6 heteroatoms. The predicted molar refractivity (Wildman–Crippen MR) is 86.8 cm³/mol. The fourth-order valence-corrected chi connectivity index (χ4v) is 2.37. The third-order valence-corrected chi connectivity index (χ3v) is 3.86. The van der Waals surface area contributed by atoms with E-state index in [1.807, 2.05) is 0 Å². The Morgan fingerprint density at radius 3 is 2.62 bits per heavy atom. The van der Waals surface area contributed by atoms with Crippen molar-refractivity contribution in [2.24, 2.45) is 0 Å². The highest BCUT2D eigenvalue weighted by Crippen LogP contribution is 2.16. The Balaban J connectivity index is 1.76. The monoisotopic (exact) mass is 336 g/mol. The van der Waals surface area contributed by atoms with Crippen LogP contribution in [-0.4, -0.2) is 44.5 Å². The van der Waals surface area contributed by atoms with Gasteiger partial charge in [-0.2, -0.15) is 0 Å². The van der Waals surface area contributed by atoms with Gasteiger partial charge in [-0.25, -0.2) is 4.79 Å². The lowest BCUT2D eigenvalue weighted by molar-refractivity contribution is -0.149. The Morgan fingerprint density at radius 2 is 2.00 bits per heavy atom. The zero-order valence-electron chi connectivity index (χ0n) is 14.2. The van der Waals surface area contributed by atoms with Crippen LogP contribution in [0.1, 0.15) is 31.7 Å². The summed E-state index contributed by atoms with van der Waals surface area (Å²) in [5, 5.41) is 0. The van der Waals surface area contributed by atoms with Gasteiger partial charge in [0, 0.05) is 6.61 Å². The first-order valence-corrected chi connectivity index (χ1v) is 8.19. The number of esters is 2. The van der Waals surface area contributed by atoms with E-state index < -0.39 is 12.1 Å². The molecule has 1 aromatic rings. The predicted octanol–water partition coefficient (Wildman–Crippen LogP) is 2.28. The van der Waals surface area contributed by atoms with Crippen LogP contribution in [-0.2, 0) is 30.2 Å². The van der Waals surface area contributed by atoms with Gasteiger partial charge in [-0.05, 0) is 43.9 Å². The molecule has 1 aliphatic rings. The number of rotatable bonds is 7. The molecule has 132 valence electrons. The van der Waals surface area contributed by atoms with Crippen LogP contribution in [0.4, 0.5) is 0 Å². The molecule has 1 saturated heterocycles. The third kappa shape index (κ3) is 5.94. The van der Waals surface area contributed by atoms with Gasteiger partial charge in [0.05, 0.1) is 26.2 Å². The topological polar surface area (TPSA) is 71.1 Å². The normalized spacial score (nSPS) is 18.7. The van der Waals surface area contributed by atoms with Gasteiger partial charge < -0.3 is 18.9 Å². The lowest BCUT2D eigenvalue weighted by Crippen LogP contribution is -2.31. The fraction of sp³-hybridized carbons (Fsp3) is 0.556. The minimum atomic E-state index is -0.662. The number of carbonyl (C=O) groups excluding carboxylic acids is 2. The molecule has 2 atom stereocenters. The first-order valence-electron chi connectivity index (χ1n) is 8.19. The molecule has 0 N–H and O–H groups in total. The lowest BCUT2D eigenvalue weighted by atomic mass is 10.1. The van der Waals surface area contributed by atoms with E-state index in [0.717, 1.165) is 31.4 Å². The third-order valence-electron chi connectivity index (χ3n) is 3.86. The number of hydrogen-bond acceptors (Lipinski definition) is 6. The molecule has 24 heavy (non-hydrogen) atoms. The van der Waals surface area contributed by atoms with Gasteiger partial charge in [-0.3, -0.25) is 4.79 Å². The standard InChI is InChI=1S/C18H24O6/c1-13(23-12-16-5-3-4-10-22-16)18(20)24-15-8-6-14(7-9-15)11-17(19)21-2/h6-9,13,16H,3-5,10-12H2,1-2H3. The number of benzene rings is 1. The molecule has 0 bridgehead atoms. The number of ether oxygens (including phenoxy) is 4. The Bertz CT molecular complexity index is 533. The molecule has 2 rings (SSSR count). The van der Waals surface area contributed by atoms with Crippen molar-refractivity contribution < 1.29 is 28.5 Å². The van der Waals surface area contributed by atoms with Gasteiger partial charge in [0.15, 0.2) is 6.10 Å². The van der Waals surface area contributed by atoms with Crippen LogP contribution in [0.25, 0.3) is 0 Å². The largest absolute Gasteiger partial charge is 0.469 e. The van der Waals surface area contributed by atoms with E-state index in [1.165, 1.54) is 7.11 Å². The maximum Gasteiger partial charge on any atom is 0.340 e. The molecule has 2 unspecified atom stereocenters. The second kappa shape index (κ2) is 9.39. The average molecular weight is 336 g/mol. The summed E-state index contributed by atoms with van der Waals surface area (Å²) in [5.74, 6) is -0.351. The summed E-state index contributed by atoms with van der Waals surface area (Å²) in [6.07, 6.45) is 2.76. The molecule has 1 heterocycles. The zero-order chi connectivity index (χ0) is 17.4. The van der Waals surface area contributed by atoms with E-state index >= 15 is 0 Å². The number of methoxy groups -OCH3 is 1. The molecule has 0 aromatic heterocycles. The van der Waals surface area contributed by atoms with Crippen molar-refractivity contribution in [3.05, 3.63) is 29.8 Å². The van der Waals surface area contributed by atoms with Crippen molar-refractivity contribution in [3.63, 3.8) is 0 Å². The SMILES string of the molecule is COC(=O)Cc1ccc(OC(=O)C(C)OCC2CCCCO2)cc1. The molecular weight excluding hydrogens is 312 g/mol. The number of carbonyl (C=O) groups is 2. The van der Waals surface area contributed by atoms with Crippen LogP contribution in [0.5, 0.6) is 5.75 Å². The van der Waals surface area contributed by atoms with Gasteiger partial charge in [-0.15, -0.1) is 0 Å². The van der Waals surface area contributed by atoms with Gasteiger partial charge >= 0.3 is 11.9 Å². The Labute approximate surface area is 142 Å². The molecule has 1 fully saturated rings. The van der Waals surface area contributed by atoms with Crippen LogP contribution >= 0.6 is 0 Å². The maximum absolute atomic E-state index is 12.0. The molecule has 0 aliphatic carbocycles. The van der Waals surface area contributed by atoms with E-state index in [2.05, 4.69) is 4.74 Å². The minimum absolute atomic E-state index is 0.0617. The van der Waals surface area contributed by atoms with E-state index in [1.54, 1.807) is 31.2 Å². The highest BCUT2D eigenvalue weighted by Gasteiger charge is 2.20. The van der Waals surface area contributed by atoms with E-state index in [0.29, 0.717) is 12.4 Å². The average Bonchev–Trinajstić information content (AvgIpc) is 2.62. The summed E-state index contributed by atoms with van der Waals surface area (Å²) in [6, 6.07) is 6.74. The molecule has 1 aliphatic heterocycles. The Kier molecular flexibility index (Phi) is 7.21. The van der Waals surface area contributed by atoms with Crippen molar-refractivity contribution >= 4 is 11.9 Å². The zero-order valence-corrected chi connectivity index (χ0v) is 14.2. The smallest absolute Gasteiger partial charge is 0.340 e. The van der Waals surface area contributed by atoms with Crippen molar-refractivity contribution in [1.29, 1.82) is 0 Å². The Morgan fingerprint density at radius 1 is 1.25 bits per heavy atom. The maximum atomic E-state index is 12.0. The van der Waals surface area contributed by atoms with E-state index in [4.69, 9.17) is 14.2 Å². The summed E-state index contributed by atoms with van der Waals surface area (Å²) < 4.78 is 21.0. The second-order valence-electron chi connectivity index (χ2n) is 5.78. The highest BCUT2D eigenvalue weighted by atomic mass is 16.6. The molecule has 0 spiro atoms. The van der Waals surface area contributed by atoms with Crippen LogP contribution in [0.15, 0.2) is 24.3 Å². The van der Waals surface area contributed by atoms with Crippen molar-refractivity contribution in [2.45, 2.75) is 44.8 Å². The van der Waals surface area contributed by atoms with Crippen molar-refractivity contribution in [1.82, 2.24) is 0 Å². The Hall–Kier alpha value is -1.92. The summed E-state index contributed by atoms with van der Waals surface area (Å²) in [4.78, 5) is 23.2. The van der Waals surface area contributed by atoms with Gasteiger partial charge in [0.25, 0.3) is 0 Å². The highest BCUT2D eigenvalue weighted by molar-refractivity contribution is 5.77. The first kappa shape index (κ1) is 18.4. The molecule has 0 radical (unpaired) electrons. The van der Waals surface area contributed by atoms with Crippen molar-refractivity contribution in [3.8, 4) is 5.75 Å². The summed E-state index contributed by atoms with van der Waals surface area (Å²) in [7, 11) is 1.35. The van der Waals surface area contributed by atoms with E-state index in [-0.39, 0.29) is 18.5 Å². The fourth-order valence-electron chi connectivity index (χ4n) is 2.37. The second-order valence-corrected chi connectivity index (χ2v) is 5.78. The van der Waals surface area contributed by atoms with Crippen LogP contribution in [0.3, 0.4) is 0 Å².